The number of ether oxygens (including phenoxy) is 2. The van der Waals surface area contributed by atoms with E-state index in [0.717, 1.165) is 69.6 Å². The van der Waals surface area contributed by atoms with Crippen molar-refractivity contribution in [2.75, 3.05) is 70.5 Å². The topological polar surface area (TPSA) is 71.0 Å². The van der Waals surface area contributed by atoms with Crippen molar-refractivity contribution in [2.45, 2.75) is 13.0 Å². The van der Waals surface area contributed by atoms with Crippen LogP contribution in [-0.4, -0.2) is 97.4 Å². The van der Waals surface area contributed by atoms with Crippen LogP contribution in [0.25, 0.3) is 6.08 Å². The van der Waals surface area contributed by atoms with E-state index < -0.39 is 5.97 Å². The van der Waals surface area contributed by atoms with Crippen LogP contribution in [0.15, 0.2) is 42.7 Å². The molecule has 8 nitrogen and oxygen atoms in total. The van der Waals surface area contributed by atoms with Crippen molar-refractivity contribution in [3.63, 3.8) is 0 Å². The zero-order chi connectivity index (χ0) is 23.8. The first-order valence-corrected chi connectivity index (χ1v) is 12.2. The highest BCUT2D eigenvalue weighted by molar-refractivity contribution is 6.30. The maximum absolute atomic E-state index is 11.8. The number of benzene rings is 1. The van der Waals surface area contributed by atoms with Crippen LogP contribution in [0.5, 0.6) is 0 Å². The van der Waals surface area contributed by atoms with Gasteiger partial charge in [-0.05, 0) is 24.6 Å². The fourth-order valence-corrected chi connectivity index (χ4v) is 4.33. The Labute approximate surface area is 206 Å². The lowest BCUT2D eigenvalue weighted by molar-refractivity contribution is 0.0269. The number of anilines is 1. The second-order valence-electron chi connectivity index (χ2n) is 8.41. The summed E-state index contributed by atoms with van der Waals surface area (Å²) in [4.78, 5) is 27.8. The van der Waals surface area contributed by atoms with Gasteiger partial charge < -0.3 is 14.4 Å². The van der Waals surface area contributed by atoms with Gasteiger partial charge in [0.25, 0.3) is 0 Å². The van der Waals surface area contributed by atoms with Crippen LogP contribution in [0.2, 0.25) is 5.02 Å². The normalized spacial score (nSPS) is 18.8. The van der Waals surface area contributed by atoms with Gasteiger partial charge in [0.2, 0.25) is 5.95 Å². The Bertz CT molecular complexity index is 940. The SMILES string of the molecule is CCOC(=O)c1cnc(N2CCN(C(/C=C/c3ccc(Cl)cc3)CN3CCOCC3)CC2)nc1. The lowest BCUT2D eigenvalue weighted by Gasteiger charge is -2.40. The quantitative estimate of drug-likeness (QED) is 0.529. The smallest absolute Gasteiger partial charge is 0.341 e. The highest BCUT2D eigenvalue weighted by Gasteiger charge is 2.26. The molecule has 0 radical (unpaired) electrons. The molecule has 0 bridgehead atoms. The van der Waals surface area contributed by atoms with Crippen LogP contribution in [0.3, 0.4) is 0 Å². The Balaban J connectivity index is 1.39. The molecule has 3 heterocycles. The molecule has 0 amide bonds. The van der Waals surface area contributed by atoms with Crippen molar-refractivity contribution >= 4 is 29.6 Å². The van der Waals surface area contributed by atoms with Crippen LogP contribution < -0.4 is 4.90 Å². The average Bonchev–Trinajstić information content (AvgIpc) is 2.88. The summed E-state index contributed by atoms with van der Waals surface area (Å²) in [7, 11) is 0. The average molecular weight is 486 g/mol. The Hall–Kier alpha value is -2.52. The first-order chi connectivity index (χ1) is 16.6. The first-order valence-electron chi connectivity index (χ1n) is 11.8. The number of nitrogens with zero attached hydrogens (tertiary/aromatic N) is 5. The van der Waals surface area contributed by atoms with Gasteiger partial charge in [0.15, 0.2) is 0 Å². The standard InChI is InChI=1S/C25H32ClN5O3/c1-2-34-24(32)21-17-27-25(28-18-21)31-11-9-30(10-12-31)23(19-29-13-15-33-16-14-29)8-5-20-3-6-22(26)7-4-20/h3-8,17-18,23H,2,9-16,19H2,1H3/b8-5+. The minimum absolute atomic E-state index is 0.294. The van der Waals surface area contributed by atoms with Gasteiger partial charge in [-0.2, -0.15) is 0 Å². The number of carbonyl (C=O) groups excluding carboxylic acids is 1. The zero-order valence-corrected chi connectivity index (χ0v) is 20.4. The fraction of sp³-hybridized carbons (Fsp3) is 0.480. The molecule has 2 aromatic rings. The third-order valence-electron chi connectivity index (χ3n) is 6.15. The number of piperazine rings is 1. The lowest BCUT2D eigenvalue weighted by Crippen LogP contribution is -2.54. The second kappa shape index (κ2) is 12.3. The lowest BCUT2D eigenvalue weighted by atomic mass is 10.1. The predicted molar refractivity (Wildman–Crippen MR) is 133 cm³/mol. The van der Waals surface area contributed by atoms with Gasteiger partial charge in [-0.15, -0.1) is 0 Å². The molecule has 1 unspecified atom stereocenters. The highest BCUT2D eigenvalue weighted by Crippen LogP contribution is 2.17. The molecule has 2 saturated heterocycles. The number of morpholine rings is 1. The van der Waals surface area contributed by atoms with Crippen molar-refractivity contribution < 1.29 is 14.3 Å². The summed E-state index contributed by atoms with van der Waals surface area (Å²) in [6, 6.07) is 8.22. The third-order valence-corrected chi connectivity index (χ3v) is 6.40. The number of esters is 1. The maximum atomic E-state index is 11.8. The predicted octanol–water partition coefficient (Wildman–Crippen LogP) is 2.84. The minimum atomic E-state index is -0.391. The molecule has 2 aliphatic heterocycles. The Kier molecular flexibility index (Phi) is 8.87. The van der Waals surface area contributed by atoms with Gasteiger partial charge in [0.1, 0.15) is 0 Å². The summed E-state index contributed by atoms with van der Waals surface area (Å²) < 4.78 is 10.5. The Morgan fingerprint density at radius 1 is 1.09 bits per heavy atom. The van der Waals surface area contributed by atoms with E-state index in [2.05, 4.69) is 36.8 Å². The van der Waals surface area contributed by atoms with E-state index >= 15 is 0 Å². The van der Waals surface area contributed by atoms with E-state index in [4.69, 9.17) is 21.1 Å². The van der Waals surface area contributed by atoms with E-state index in [-0.39, 0.29) is 0 Å². The van der Waals surface area contributed by atoms with Gasteiger partial charge in [0.05, 0.1) is 25.4 Å². The van der Waals surface area contributed by atoms with E-state index in [1.807, 2.05) is 24.3 Å². The van der Waals surface area contributed by atoms with E-state index in [1.165, 1.54) is 0 Å². The molecule has 0 N–H and O–H groups in total. The van der Waals surface area contributed by atoms with Crippen molar-refractivity contribution in [3.8, 4) is 0 Å². The number of hydrogen-bond acceptors (Lipinski definition) is 8. The number of halogens is 1. The van der Waals surface area contributed by atoms with Crippen LogP contribution >= 0.6 is 11.6 Å². The molecule has 2 aliphatic rings. The molecule has 0 spiro atoms. The van der Waals surface area contributed by atoms with E-state index in [1.54, 1.807) is 19.3 Å². The molecule has 182 valence electrons. The fourth-order valence-electron chi connectivity index (χ4n) is 4.20. The monoisotopic (exact) mass is 485 g/mol. The largest absolute Gasteiger partial charge is 0.462 e. The Morgan fingerprint density at radius 3 is 2.41 bits per heavy atom. The summed E-state index contributed by atoms with van der Waals surface area (Å²) >= 11 is 6.04. The summed E-state index contributed by atoms with van der Waals surface area (Å²) in [5, 5.41) is 0.746. The van der Waals surface area contributed by atoms with Crippen molar-refractivity contribution in [2.24, 2.45) is 0 Å². The summed E-state index contributed by atoms with van der Waals surface area (Å²) in [5.41, 5.74) is 1.52. The van der Waals surface area contributed by atoms with E-state index in [0.29, 0.717) is 24.2 Å². The van der Waals surface area contributed by atoms with Crippen LogP contribution in [0, 0.1) is 0 Å². The minimum Gasteiger partial charge on any atom is -0.462 e. The van der Waals surface area contributed by atoms with Gasteiger partial charge in [-0.25, -0.2) is 14.8 Å². The molecule has 0 aliphatic carbocycles. The number of rotatable bonds is 8. The van der Waals surface area contributed by atoms with Crippen molar-refractivity contribution in [1.82, 2.24) is 19.8 Å². The Morgan fingerprint density at radius 2 is 1.76 bits per heavy atom. The van der Waals surface area contributed by atoms with Gasteiger partial charge in [0, 0.05) is 69.3 Å². The number of aromatic nitrogens is 2. The molecule has 1 aromatic heterocycles. The highest BCUT2D eigenvalue weighted by atomic mass is 35.5. The maximum Gasteiger partial charge on any atom is 0.341 e. The summed E-state index contributed by atoms with van der Waals surface area (Å²) in [6.45, 7) is 10.1. The molecule has 4 rings (SSSR count). The van der Waals surface area contributed by atoms with Crippen LogP contribution in [0.1, 0.15) is 22.8 Å². The molecular formula is C25H32ClN5O3. The first kappa shape index (κ1) is 24.6. The number of carbonyl (C=O) groups is 1. The zero-order valence-electron chi connectivity index (χ0n) is 19.6. The summed E-state index contributed by atoms with van der Waals surface area (Å²) in [6.07, 6.45) is 7.58. The molecule has 9 heteroatoms. The van der Waals surface area contributed by atoms with Crippen molar-refractivity contribution in [3.05, 3.63) is 58.9 Å². The molecular weight excluding hydrogens is 454 g/mol. The molecule has 34 heavy (non-hydrogen) atoms. The summed E-state index contributed by atoms with van der Waals surface area (Å²) in [5.74, 6) is 0.256. The van der Waals surface area contributed by atoms with E-state index in [9.17, 15) is 4.79 Å². The third kappa shape index (κ3) is 6.76. The van der Waals surface area contributed by atoms with Gasteiger partial charge in [-0.1, -0.05) is 35.9 Å². The second-order valence-corrected chi connectivity index (χ2v) is 8.84. The van der Waals surface area contributed by atoms with Crippen LogP contribution in [0.4, 0.5) is 5.95 Å². The molecule has 1 aromatic carbocycles. The van der Waals surface area contributed by atoms with Gasteiger partial charge >= 0.3 is 5.97 Å². The molecule has 0 saturated carbocycles. The number of hydrogen-bond donors (Lipinski definition) is 0. The van der Waals surface area contributed by atoms with Gasteiger partial charge in [-0.3, -0.25) is 9.80 Å². The van der Waals surface area contributed by atoms with Crippen molar-refractivity contribution in [1.29, 1.82) is 0 Å². The van der Waals surface area contributed by atoms with Crippen LogP contribution in [-0.2, 0) is 9.47 Å². The molecule has 2 fully saturated rings. The molecule has 1 atom stereocenters.